The highest BCUT2D eigenvalue weighted by Crippen LogP contribution is 2.34. The third kappa shape index (κ3) is 3.37. The minimum Gasteiger partial charge on any atom is -0.469 e. The second-order valence-corrected chi connectivity index (χ2v) is 7.29. The maximum atomic E-state index is 12.7. The number of ether oxygens (including phenoxy) is 2. The molecule has 1 aromatic rings. The lowest BCUT2D eigenvalue weighted by Crippen LogP contribution is -2.62. The number of rotatable bonds is 5. The van der Waals surface area contributed by atoms with E-state index in [0.29, 0.717) is 0 Å². The van der Waals surface area contributed by atoms with Gasteiger partial charge in [-0.15, -0.1) is 0 Å². The van der Waals surface area contributed by atoms with Crippen molar-refractivity contribution in [2.45, 2.75) is 24.3 Å². The van der Waals surface area contributed by atoms with Gasteiger partial charge in [-0.05, 0) is 19.1 Å². The highest BCUT2D eigenvalue weighted by molar-refractivity contribution is 7.89. The first kappa shape index (κ1) is 17.4. The smallest absolute Gasteiger partial charge is 0.324 e. The summed E-state index contributed by atoms with van der Waals surface area (Å²) >= 11 is 0. The Morgan fingerprint density at radius 2 is 1.78 bits per heavy atom. The van der Waals surface area contributed by atoms with E-state index in [1.165, 1.54) is 26.4 Å². The quantitative estimate of drug-likeness (QED) is 0.733. The lowest BCUT2D eigenvalue weighted by molar-refractivity contribution is -0.155. The molecule has 0 unspecified atom stereocenters. The van der Waals surface area contributed by atoms with Gasteiger partial charge in [-0.1, -0.05) is 17.7 Å². The van der Waals surface area contributed by atoms with Crippen LogP contribution in [0.2, 0.25) is 0 Å². The van der Waals surface area contributed by atoms with Crippen molar-refractivity contribution >= 4 is 22.0 Å². The summed E-state index contributed by atoms with van der Waals surface area (Å²) < 4.78 is 35.6. The molecule has 1 fully saturated rings. The molecule has 1 heterocycles. The third-order valence-corrected chi connectivity index (χ3v) is 5.76. The zero-order valence-corrected chi connectivity index (χ0v) is 14.0. The predicted molar refractivity (Wildman–Crippen MR) is 81.0 cm³/mol. The van der Waals surface area contributed by atoms with Gasteiger partial charge in [0, 0.05) is 12.5 Å². The van der Waals surface area contributed by atoms with E-state index in [2.05, 4.69) is 9.47 Å². The van der Waals surface area contributed by atoms with Gasteiger partial charge >= 0.3 is 11.9 Å². The van der Waals surface area contributed by atoms with Gasteiger partial charge in [0.25, 0.3) is 0 Å². The van der Waals surface area contributed by atoms with Crippen LogP contribution < -0.4 is 0 Å². The molecule has 0 saturated carbocycles. The standard InChI is InChI=1S/C15H19NO6S/c1-10-4-6-12(7-5-10)23(19,20)16-9-11(8-13(17)21-2)14(16)15(18)22-3/h4-7,11,14H,8-9H2,1-3H3/t11-,14+/m0/s1. The van der Waals surface area contributed by atoms with Gasteiger partial charge in [-0.3, -0.25) is 9.59 Å². The molecule has 7 nitrogen and oxygen atoms in total. The first-order chi connectivity index (χ1) is 10.8. The predicted octanol–water partition coefficient (Wildman–Crippen LogP) is 0.720. The van der Waals surface area contributed by atoms with Crippen molar-refractivity contribution in [3.05, 3.63) is 29.8 Å². The van der Waals surface area contributed by atoms with Crippen LogP contribution in [0.15, 0.2) is 29.2 Å². The zero-order valence-electron chi connectivity index (χ0n) is 13.2. The van der Waals surface area contributed by atoms with Crippen LogP contribution in [0, 0.1) is 12.8 Å². The highest BCUT2D eigenvalue weighted by Gasteiger charge is 2.51. The van der Waals surface area contributed by atoms with Crippen LogP contribution in [0.3, 0.4) is 0 Å². The van der Waals surface area contributed by atoms with Crippen LogP contribution in [0.25, 0.3) is 0 Å². The van der Waals surface area contributed by atoms with Crippen LogP contribution in [-0.4, -0.2) is 51.5 Å². The molecule has 8 heteroatoms. The molecule has 126 valence electrons. The topological polar surface area (TPSA) is 90.0 Å². The number of esters is 2. The van der Waals surface area contributed by atoms with Gasteiger partial charge in [0.2, 0.25) is 10.0 Å². The number of benzene rings is 1. The largest absolute Gasteiger partial charge is 0.469 e. The van der Waals surface area contributed by atoms with E-state index >= 15 is 0 Å². The summed E-state index contributed by atoms with van der Waals surface area (Å²) in [5.41, 5.74) is 0.931. The molecule has 0 aromatic heterocycles. The lowest BCUT2D eigenvalue weighted by Gasteiger charge is -2.44. The summed E-state index contributed by atoms with van der Waals surface area (Å²) in [7, 11) is -1.39. The molecular formula is C15H19NO6S. The van der Waals surface area contributed by atoms with Gasteiger partial charge in [0.1, 0.15) is 6.04 Å². The molecular weight excluding hydrogens is 322 g/mol. The molecule has 0 N–H and O–H groups in total. The summed E-state index contributed by atoms with van der Waals surface area (Å²) in [4.78, 5) is 23.4. The maximum absolute atomic E-state index is 12.7. The Bertz CT molecular complexity index is 697. The summed E-state index contributed by atoms with van der Waals surface area (Å²) in [6.07, 6.45) is -0.0316. The van der Waals surface area contributed by atoms with E-state index in [4.69, 9.17) is 0 Å². The van der Waals surface area contributed by atoms with E-state index in [1.54, 1.807) is 12.1 Å². The van der Waals surface area contributed by atoms with E-state index in [9.17, 15) is 18.0 Å². The van der Waals surface area contributed by atoms with Gasteiger partial charge in [0.05, 0.1) is 25.5 Å². The zero-order chi connectivity index (χ0) is 17.2. The van der Waals surface area contributed by atoms with Crippen molar-refractivity contribution in [1.29, 1.82) is 0 Å². The van der Waals surface area contributed by atoms with Crippen LogP contribution in [0.1, 0.15) is 12.0 Å². The summed E-state index contributed by atoms with van der Waals surface area (Å²) in [6.45, 7) is 1.93. The summed E-state index contributed by atoms with van der Waals surface area (Å²) in [5.74, 6) is -1.62. The Morgan fingerprint density at radius 3 is 2.30 bits per heavy atom. The average molecular weight is 341 g/mol. The molecule has 0 spiro atoms. The Kier molecular flexibility index (Phi) is 5.06. The van der Waals surface area contributed by atoms with Crippen molar-refractivity contribution in [1.82, 2.24) is 4.31 Å². The van der Waals surface area contributed by atoms with Crippen LogP contribution in [0.5, 0.6) is 0 Å². The fourth-order valence-corrected chi connectivity index (χ4v) is 4.24. The molecule has 0 amide bonds. The van der Waals surface area contributed by atoms with Crippen LogP contribution in [-0.2, 0) is 29.1 Å². The van der Waals surface area contributed by atoms with Gasteiger partial charge in [0.15, 0.2) is 0 Å². The van der Waals surface area contributed by atoms with Crippen LogP contribution in [0.4, 0.5) is 0 Å². The molecule has 0 bridgehead atoms. The minimum absolute atomic E-state index is 0.0316. The second kappa shape index (κ2) is 6.67. The number of sulfonamides is 1. The van der Waals surface area contributed by atoms with E-state index in [-0.39, 0.29) is 17.9 Å². The van der Waals surface area contributed by atoms with Gasteiger partial charge in [-0.25, -0.2) is 8.42 Å². The normalized spacial score (nSPS) is 21.3. The number of aryl methyl sites for hydroxylation is 1. The molecule has 1 aliphatic rings. The van der Waals surface area contributed by atoms with Crippen LogP contribution >= 0.6 is 0 Å². The van der Waals surface area contributed by atoms with Crippen molar-refractivity contribution in [3.8, 4) is 0 Å². The molecule has 23 heavy (non-hydrogen) atoms. The summed E-state index contributed by atoms with van der Waals surface area (Å²) in [6, 6.07) is 5.35. The second-order valence-electron chi connectivity index (χ2n) is 5.40. The summed E-state index contributed by atoms with van der Waals surface area (Å²) in [5, 5.41) is 0. The maximum Gasteiger partial charge on any atom is 0.324 e. The van der Waals surface area contributed by atoms with Crippen molar-refractivity contribution in [2.24, 2.45) is 5.92 Å². The van der Waals surface area contributed by atoms with E-state index in [1.807, 2.05) is 6.92 Å². The number of carbonyl (C=O) groups is 2. The van der Waals surface area contributed by atoms with Crippen molar-refractivity contribution < 1.29 is 27.5 Å². The first-order valence-electron chi connectivity index (χ1n) is 7.04. The number of carbonyl (C=O) groups excluding carboxylic acids is 2. The minimum atomic E-state index is -3.82. The Labute approximate surface area is 135 Å². The fraction of sp³-hybridized carbons (Fsp3) is 0.467. The fourth-order valence-electron chi connectivity index (χ4n) is 2.54. The first-order valence-corrected chi connectivity index (χ1v) is 8.48. The molecule has 2 rings (SSSR count). The van der Waals surface area contributed by atoms with E-state index in [0.717, 1.165) is 9.87 Å². The average Bonchev–Trinajstić information content (AvgIpc) is 2.50. The highest BCUT2D eigenvalue weighted by atomic mass is 32.2. The molecule has 1 aromatic carbocycles. The third-order valence-electron chi connectivity index (χ3n) is 3.90. The number of nitrogens with zero attached hydrogens (tertiary/aromatic N) is 1. The lowest BCUT2D eigenvalue weighted by atomic mass is 9.88. The SMILES string of the molecule is COC(=O)C[C@H]1CN(S(=O)(=O)c2ccc(C)cc2)[C@H]1C(=O)OC. The van der Waals surface area contributed by atoms with Crippen molar-refractivity contribution in [3.63, 3.8) is 0 Å². The Balaban J connectivity index is 2.26. The number of hydrogen-bond donors (Lipinski definition) is 0. The molecule has 2 atom stereocenters. The Morgan fingerprint density at radius 1 is 1.17 bits per heavy atom. The van der Waals surface area contributed by atoms with Gasteiger partial charge in [-0.2, -0.15) is 4.31 Å². The molecule has 0 aliphatic carbocycles. The molecule has 1 saturated heterocycles. The van der Waals surface area contributed by atoms with Gasteiger partial charge < -0.3 is 9.47 Å². The monoisotopic (exact) mass is 341 g/mol. The number of methoxy groups -OCH3 is 2. The van der Waals surface area contributed by atoms with E-state index < -0.39 is 33.9 Å². The molecule has 1 aliphatic heterocycles. The van der Waals surface area contributed by atoms with Crippen molar-refractivity contribution in [2.75, 3.05) is 20.8 Å². The molecule has 0 radical (unpaired) electrons. The number of hydrogen-bond acceptors (Lipinski definition) is 6. The Hall–Kier alpha value is -1.93.